The van der Waals surface area contributed by atoms with Crippen LogP contribution >= 0.6 is 0 Å². The van der Waals surface area contributed by atoms with Crippen LogP contribution in [-0.4, -0.2) is 12.6 Å². The van der Waals surface area contributed by atoms with Crippen molar-refractivity contribution in [1.29, 1.82) is 0 Å². The highest BCUT2D eigenvalue weighted by Gasteiger charge is 1.99. The Morgan fingerprint density at radius 2 is 2.09 bits per heavy atom. The summed E-state index contributed by atoms with van der Waals surface area (Å²) in [7, 11) is 0. The lowest BCUT2D eigenvalue weighted by Gasteiger charge is -1.96. The summed E-state index contributed by atoms with van der Waals surface area (Å²) in [5.74, 6) is -0.531. The summed E-state index contributed by atoms with van der Waals surface area (Å²) in [5, 5.41) is 0. The molecule has 4 heteroatoms. The summed E-state index contributed by atoms with van der Waals surface area (Å²) >= 11 is 0. The van der Waals surface area contributed by atoms with Crippen LogP contribution in [0.1, 0.15) is 6.92 Å². The van der Waals surface area contributed by atoms with Crippen molar-refractivity contribution < 1.29 is 4.79 Å². The first-order valence-corrected chi connectivity index (χ1v) is 2.98. The van der Waals surface area contributed by atoms with E-state index in [0.29, 0.717) is 11.3 Å². The quantitative estimate of drug-likeness (QED) is 0.337. The first-order valence-electron chi connectivity index (χ1n) is 2.98. The summed E-state index contributed by atoms with van der Waals surface area (Å²) in [6.07, 6.45) is 2.86. The molecule has 0 spiro atoms. The number of amides is 1. The number of allylic oxidation sites excluding steroid dienone is 1. The van der Waals surface area contributed by atoms with E-state index in [-0.39, 0.29) is 0 Å². The van der Waals surface area contributed by atoms with Gasteiger partial charge in [0.15, 0.2) is 0 Å². The van der Waals surface area contributed by atoms with Crippen LogP contribution in [0.25, 0.3) is 0 Å². The number of rotatable bonds is 3. The van der Waals surface area contributed by atoms with E-state index in [9.17, 15) is 4.79 Å². The molecule has 0 aliphatic heterocycles. The molecule has 0 aromatic rings. The molecule has 0 aliphatic carbocycles. The van der Waals surface area contributed by atoms with E-state index in [1.807, 2.05) is 0 Å². The van der Waals surface area contributed by atoms with E-state index < -0.39 is 5.91 Å². The molecular weight excluding hydrogens is 142 g/mol. The highest BCUT2D eigenvalue weighted by atomic mass is 16.1. The third kappa shape index (κ3) is 3.20. The highest BCUT2D eigenvalue weighted by molar-refractivity contribution is 5.92. The summed E-state index contributed by atoms with van der Waals surface area (Å²) < 4.78 is 0. The Hall–Kier alpha value is -1.58. The third-order valence-corrected chi connectivity index (χ3v) is 1.16. The third-order valence-electron chi connectivity index (χ3n) is 1.16. The first-order chi connectivity index (χ1) is 5.09. The Kier molecular flexibility index (Phi) is 3.66. The molecule has 0 aromatic heterocycles. The van der Waals surface area contributed by atoms with Gasteiger partial charge in [-0.25, -0.2) is 0 Å². The average Bonchev–Trinajstić information content (AvgIpc) is 1.98. The van der Waals surface area contributed by atoms with E-state index >= 15 is 0 Å². The van der Waals surface area contributed by atoms with Crippen LogP contribution in [-0.2, 0) is 4.79 Å². The van der Waals surface area contributed by atoms with Gasteiger partial charge in [0.05, 0.1) is 0 Å². The first kappa shape index (κ1) is 9.42. The van der Waals surface area contributed by atoms with Gasteiger partial charge in [0.25, 0.3) is 0 Å². The van der Waals surface area contributed by atoms with E-state index in [0.717, 1.165) is 0 Å². The second-order valence-corrected chi connectivity index (χ2v) is 1.94. The number of nitrogens with zero attached hydrogens (tertiary/aromatic N) is 1. The molecule has 0 aromatic carbocycles. The Morgan fingerprint density at radius 3 is 2.45 bits per heavy atom. The molecule has 4 N–H and O–H groups in total. The molecule has 0 atom stereocenters. The summed E-state index contributed by atoms with van der Waals surface area (Å²) in [5.41, 5.74) is 11.0. The van der Waals surface area contributed by atoms with E-state index in [1.54, 1.807) is 6.92 Å². The average molecular weight is 153 g/mol. The molecular formula is C7H11N3O. The van der Waals surface area contributed by atoms with Gasteiger partial charge in [0.2, 0.25) is 5.91 Å². The standard InChI is InChI=1S/C7H11N3O/c1-5(7(9)11)6(8)3-4-10-2/h3-4H,2,8H2,1H3,(H2,9,11)/b4-3-,6-5-. The van der Waals surface area contributed by atoms with Crippen LogP contribution in [0, 0.1) is 0 Å². The molecule has 0 rings (SSSR count). The predicted molar refractivity (Wildman–Crippen MR) is 44.8 cm³/mol. The number of nitrogens with two attached hydrogens (primary N) is 2. The highest BCUT2D eigenvalue weighted by Crippen LogP contribution is 1.97. The lowest BCUT2D eigenvalue weighted by atomic mass is 10.2. The Bertz CT molecular complexity index is 228. The minimum atomic E-state index is -0.531. The number of carbonyl (C=O) groups excluding carboxylic acids is 1. The van der Waals surface area contributed by atoms with E-state index in [4.69, 9.17) is 11.5 Å². The van der Waals surface area contributed by atoms with Crippen LogP contribution in [0.4, 0.5) is 0 Å². The molecule has 4 nitrogen and oxygen atoms in total. The monoisotopic (exact) mass is 153 g/mol. The molecule has 0 saturated heterocycles. The maximum absolute atomic E-state index is 10.5. The number of aliphatic imine (C=N–C) groups is 1. The van der Waals surface area contributed by atoms with Crippen LogP contribution < -0.4 is 11.5 Å². The zero-order valence-electron chi connectivity index (χ0n) is 6.37. The van der Waals surface area contributed by atoms with Crippen molar-refractivity contribution in [3.05, 3.63) is 23.5 Å². The zero-order valence-corrected chi connectivity index (χ0v) is 6.37. The van der Waals surface area contributed by atoms with E-state index in [2.05, 4.69) is 11.7 Å². The Balaban J connectivity index is 4.52. The number of primary amides is 1. The van der Waals surface area contributed by atoms with Crippen molar-refractivity contribution in [3.8, 4) is 0 Å². The molecule has 0 saturated carbocycles. The lowest BCUT2D eigenvalue weighted by Crippen LogP contribution is -2.15. The molecule has 60 valence electrons. The van der Waals surface area contributed by atoms with Gasteiger partial charge in [0, 0.05) is 17.5 Å². The van der Waals surface area contributed by atoms with Crippen LogP contribution in [0.2, 0.25) is 0 Å². The van der Waals surface area contributed by atoms with Crippen molar-refractivity contribution in [2.75, 3.05) is 0 Å². The lowest BCUT2D eigenvalue weighted by molar-refractivity contribution is -0.114. The van der Waals surface area contributed by atoms with Crippen LogP contribution in [0.15, 0.2) is 28.5 Å². The number of carbonyl (C=O) groups is 1. The fraction of sp³-hybridized carbons (Fsp3) is 0.143. The molecule has 0 bridgehead atoms. The predicted octanol–water partition coefficient (Wildman–Crippen LogP) is -0.0813. The molecule has 0 radical (unpaired) electrons. The van der Waals surface area contributed by atoms with Crippen molar-refractivity contribution >= 4 is 12.6 Å². The van der Waals surface area contributed by atoms with Gasteiger partial charge in [-0.1, -0.05) is 0 Å². The molecule has 11 heavy (non-hydrogen) atoms. The maximum atomic E-state index is 10.5. The second-order valence-electron chi connectivity index (χ2n) is 1.94. The molecule has 0 unspecified atom stereocenters. The Morgan fingerprint density at radius 1 is 1.55 bits per heavy atom. The molecule has 0 aliphatic rings. The van der Waals surface area contributed by atoms with Gasteiger partial charge < -0.3 is 11.5 Å². The molecule has 0 heterocycles. The van der Waals surface area contributed by atoms with Crippen molar-refractivity contribution in [3.63, 3.8) is 0 Å². The van der Waals surface area contributed by atoms with Gasteiger partial charge in [0.1, 0.15) is 0 Å². The van der Waals surface area contributed by atoms with Gasteiger partial charge >= 0.3 is 0 Å². The minimum Gasteiger partial charge on any atom is -0.398 e. The minimum absolute atomic E-state index is 0.310. The zero-order chi connectivity index (χ0) is 8.85. The van der Waals surface area contributed by atoms with Gasteiger partial charge in [-0.3, -0.25) is 9.79 Å². The Labute approximate surface area is 65.3 Å². The summed E-state index contributed by atoms with van der Waals surface area (Å²) in [4.78, 5) is 13.9. The van der Waals surface area contributed by atoms with E-state index in [1.165, 1.54) is 12.3 Å². The van der Waals surface area contributed by atoms with Crippen LogP contribution in [0.3, 0.4) is 0 Å². The number of hydrogen-bond donors (Lipinski definition) is 2. The fourth-order valence-electron chi connectivity index (χ4n) is 0.400. The van der Waals surface area contributed by atoms with Crippen LogP contribution in [0.5, 0.6) is 0 Å². The molecule has 0 fully saturated rings. The second kappa shape index (κ2) is 4.27. The maximum Gasteiger partial charge on any atom is 0.246 e. The van der Waals surface area contributed by atoms with Gasteiger partial charge in [-0.2, -0.15) is 0 Å². The topological polar surface area (TPSA) is 81.5 Å². The van der Waals surface area contributed by atoms with Crippen molar-refractivity contribution in [2.45, 2.75) is 6.92 Å². The van der Waals surface area contributed by atoms with Crippen molar-refractivity contribution in [2.24, 2.45) is 16.5 Å². The van der Waals surface area contributed by atoms with Gasteiger partial charge in [-0.05, 0) is 19.7 Å². The summed E-state index contributed by atoms with van der Waals surface area (Å²) in [6.45, 7) is 4.75. The smallest absolute Gasteiger partial charge is 0.246 e. The summed E-state index contributed by atoms with van der Waals surface area (Å²) in [6, 6.07) is 0. The van der Waals surface area contributed by atoms with Gasteiger partial charge in [-0.15, -0.1) is 0 Å². The number of hydrogen-bond acceptors (Lipinski definition) is 3. The van der Waals surface area contributed by atoms with Crippen molar-refractivity contribution in [1.82, 2.24) is 0 Å². The normalized spacial score (nSPS) is 12.8. The molecule has 1 amide bonds. The largest absolute Gasteiger partial charge is 0.398 e. The fourth-order valence-corrected chi connectivity index (χ4v) is 0.400. The SMILES string of the molecule is C=N/C=C\C(N)=C(/C)C(N)=O.